The van der Waals surface area contributed by atoms with Gasteiger partial charge in [0.25, 0.3) is 0 Å². The summed E-state index contributed by atoms with van der Waals surface area (Å²) in [5.41, 5.74) is 1.03. The van der Waals surface area contributed by atoms with Crippen LogP contribution in [-0.4, -0.2) is 35.2 Å². The first-order valence-corrected chi connectivity index (χ1v) is 6.69. The summed E-state index contributed by atoms with van der Waals surface area (Å²) in [4.78, 5) is 23.6. The molecular formula is C13H20N4O3. The molecule has 2 amide bonds. The van der Waals surface area contributed by atoms with E-state index in [2.05, 4.69) is 15.7 Å². The van der Waals surface area contributed by atoms with Gasteiger partial charge in [0, 0.05) is 13.6 Å². The minimum absolute atomic E-state index is 0.419. The van der Waals surface area contributed by atoms with Crippen molar-refractivity contribution in [2.45, 2.75) is 26.2 Å². The maximum atomic E-state index is 11.8. The van der Waals surface area contributed by atoms with E-state index in [0.29, 0.717) is 29.7 Å². The number of hydrogen-bond donors (Lipinski definition) is 2. The van der Waals surface area contributed by atoms with Crippen molar-refractivity contribution in [3.8, 4) is 5.88 Å². The first-order valence-electron chi connectivity index (χ1n) is 6.69. The highest BCUT2D eigenvalue weighted by Gasteiger charge is 2.23. The van der Waals surface area contributed by atoms with Crippen molar-refractivity contribution in [1.29, 1.82) is 0 Å². The predicted octanol–water partition coefficient (Wildman–Crippen LogP) is 0.592. The Balaban J connectivity index is 1.94. The molecular weight excluding hydrogens is 260 g/mol. The van der Waals surface area contributed by atoms with Crippen LogP contribution in [0.1, 0.15) is 25.0 Å². The van der Waals surface area contributed by atoms with E-state index >= 15 is 0 Å². The molecule has 1 fully saturated rings. The van der Waals surface area contributed by atoms with E-state index in [-0.39, 0.29) is 0 Å². The molecule has 1 aromatic rings. The normalized spacial score (nSPS) is 14.6. The molecule has 0 atom stereocenters. The lowest BCUT2D eigenvalue weighted by atomic mass is 9.85. The highest BCUT2D eigenvalue weighted by molar-refractivity contribution is 6.39. The molecule has 7 nitrogen and oxygen atoms in total. The Morgan fingerprint density at radius 2 is 2.10 bits per heavy atom. The van der Waals surface area contributed by atoms with Crippen LogP contribution in [0, 0.1) is 12.8 Å². The fraction of sp³-hybridized carbons (Fsp3) is 0.615. The van der Waals surface area contributed by atoms with Crippen LogP contribution in [0.3, 0.4) is 0 Å². The highest BCUT2D eigenvalue weighted by atomic mass is 16.5. The molecule has 0 aromatic carbocycles. The van der Waals surface area contributed by atoms with Crippen LogP contribution >= 0.6 is 0 Å². The van der Waals surface area contributed by atoms with Gasteiger partial charge in [-0.3, -0.25) is 9.59 Å². The second-order valence-corrected chi connectivity index (χ2v) is 5.05. The quantitative estimate of drug-likeness (QED) is 0.791. The van der Waals surface area contributed by atoms with Gasteiger partial charge in [0.1, 0.15) is 5.69 Å². The number of amides is 2. The van der Waals surface area contributed by atoms with Crippen molar-refractivity contribution in [2.75, 3.05) is 19.0 Å². The van der Waals surface area contributed by atoms with Crippen LogP contribution in [0.2, 0.25) is 0 Å². The molecule has 1 aliphatic rings. The number of anilines is 1. The van der Waals surface area contributed by atoms with Crippen LogP contribution in [0.15, 0.2) is 0 Å². The van der Waals surface area contributed by atoms with Gasteiger partial charge in [-0.1, -0.05) is 6.42 Å². The molecule has 0 unspecified atom stereocenters. The van der Waals surface area contributed by atoms with Gasteiger partial charge in [0.15, 0.2) is 0 Å². The van der Waals surface area contributed by atoms with Crippen LogP contribution < -0.4 is 15.4 Å². The molecule has 110 valence electrons. The Morgan fingerprint density at radius 1 is 1.40 bits per heavy atom. The Bertz CT molecular complexity index is 520. The molecule has 0 bridgehead atoms. The average Bonchev–Trinajstić information content (AvgIpc) is 2.61. The van der Waals surface area contributed by atoms with Gasteiger partial charge < -0.3 is 15.4 Å². The molecule has 1 aromatic heterocycles. The van der Waals surface area contributed by atoms with E-state index in [0.717, 1.165) is 12.8 Å². The summed E-state index contributed by atoms with van der Waals surface area (Å²) < 4.78 is 6.67. The second-order valence-electron chi connectivity index (χ2n) is 5.05. The van der Waals surface area contributed by atoms with E-state index in [1.807, 2.05) is 0 Å². The molecule has 0 aliphatic heterocycles. The van der Waals surface area contributed by atoms with Crippen molar-refractivity contribution in [3.63, 3.8) is 0 Å². The number of nitrogens with zero attached hydrogens (tertiary/aromatic N) is 2. The number of hydrogen-bond acceptors (Lipinski definition) is 4. The Hall–Kier alpha value is -2.05. The molecule has 0 saturated heterocycles. The number of carbonyl (C=O) groups excluding carboxylic acids is 2. The zero-order valence-corrected chi connectivity index (χ0v) is 12.0. The topological polar surface area (TPSA) is 85.2 Å². The van der Waals surface area contributed by atoms with E-state index in [1.54, 1.807) is 14.0 Å². The lowest BCUT2D eigenvalue weighted by Crippen LogP contribution is -2.39. The van der Waals surface area contributed by atoms with Gasteiger partial charge in [0.2, 0.25) is 5.88 Å². The van der Waals surface area contributed by atoms with Crippen molar-refractivity contribution in [2.24, 2.45) is 13.0 Å². The van der Waals surface area contributed by atoms with Crippen molar-refractivity contribution >= 4 is 17.5 Å². The van der Waals surface area contributed by atoms with Crippen LogP contribution in [-0.2, 0) is 16.6 Å². The summed E-state index contributed by atoms with van der Waals surface area (Å²) >= 11 is 0. The summed E-state index contributed by atoms with van der Waals surface area (Å²) in [6, 6.07) is 0. The first kappa shape index (κ1) is 14.4. The zero-order chi connectivity index (χ0) is 14.7. The monoisotopic (exact) mass is 280 g/mol. The van der Waals surface area contributed by atoms with Gasteiger partial charge in [-0.15, -0.1) is 0 Å². The number of aromatic nitrogens is 2. The predicted molar refractivity (Wildman–Crippen MR) is 73.5 cm³/mol. The minimum atomic E-state index is -0.696. The Morgan fingerprint density at radius 3 is 2.65 bits per heavy atom. The lowest BCUT2D eigenvalue weighted by molar-refractivity contribution is -0.136. The largest absolute Gasteiger partial charge is 0.480 e. The van der Waals surface area contributed by atoms with Gasteiger partial charge >= 0.3 is 11.8 Å². The number of aryl methyl sites for hydroxylation is 2. The molecule has 7 heteroatoms. The third-order valence-corrected chi connectivity index (χ3v) is 3.58. The Kier molecular flexibility index (Phi) is 4.26. The zero-order valence-electron chi connectivity index (χ0n) is 12.0. The van der Waals surface area contributed by atoms with E-state index in [9.17, 15) is 9.59 Å². The second kappa shape index (κ2) is 5.94. The molecule has 0 radical (unpaired) electrons. The number of carbonyl (C=O) groups is 2. The molecule has 1 heterocycles. The summed E-state index contributed by atoms with van der Waals surface area (Å²) in [6.45, 7) is 2.31. The van der Waals surface area contributed by atoms with Crippen molar-refractivity contribution in [3.05, 3.63) is 5.69 Å². The molecule has 2 N–H and O–H groups in total. The number of nitrogens with one attached hydrogen (secondary N) is 2. The van der Waals surface area contributed by atoms with E-state index < -0.39 is 11.8 Å². The van der Waals surface area contributed by atoms with E-state index in [4.69, 9.17) is 4.74 Å². The SMILES string of the molecule is COc1c(NC(=O)C(=O)NCC2CCC2)c(C)nn1C. The van der Waals surface area contributed by atoms with E-state index in [1.165, 1.54) is 18.2 Å². The molecule has 0 spiro atoms. The maximum absolute atomic E-state index is 11.8. The van der Waals surface area contributed by atoms with Gasteiger partial charge in [0.05, 0.1) is 12.8 Å². The smallest absolute Gasteiger partial charge is 0.313 e. The third kappa shape index (κ3) is 2.92. The fourth-order valence-corrected chi connectivity index (χ4v) is 2.20. The maximum Gasteiger partial charge on any atom is 0.313 e. The summed E-state index contributed by atoms with van der Waals surface area (Å²) in [5, 5.41) is 9.34. The summed E-state index contributed by atoms with van der Waals surface area (Å²) in [7, 11) is 3.20. The fourth-order valence-electron chi connectivity index (χ4n) is 2.20. The van der Waals surface area contributed by atoms with Crippen LogP contribution in [0.25, 0.3) is 0 Å². The Labute approximate surface area is 117 Å². The van der Waals surface area contributed by atoms with Gasteiger partial charge in [-0.25, -0.2) is 4.68 Å². The minimum Gasteiger partial charge on any atom is -0.480 e. The number of ether oxygens (including phenoxy) is 1. The molecule has 1 aliphatic carbocycles. The first-order chi connectivity index (χ1) is 9.52. The molecule has 1 saturated carbocycles. The molecule has 20 heavy (non-hydrogen) atoms. The summed E-state index contributed by atoms with van der Waals surface area (Å²) in [6.07, 6.45) is 3.45. The number of methoxy groups -OCH3 is 1. The summed E-state index contributed by atoms with van der Waals surface area (Å²) in [5.74, 6) is -0.384. The van der Waals surface area contributed by atoms with Gasteiger partial charge in [-0.05, 0) is 25.7 Å². The molecule has 2 rings (SSSR count). The van der Waals surface area contributed by atoms with Crippen LogP contribution in [0.4, 0.5) is 5.69 Å². The highest BCUT2D eigenvalue weighted by Crippen LogP contribution is 2.27. The lowest BCUT2D eigenvalue weighted by Gasteiger charge is -2.25. The van der Waals surface area contributed by atoms with Crippen molar-refractivity contribution in [1.82, 2.24) is 15.1 Å². The number of rotatable bonds is 4. The third-order valence-electron chi connectivity index (χ3n) is 3.58. The van der Waals surface area contributed by atoms with Crippen molar-refractivity contribution < 1.29 is 14.3 Å². The standard InChI is InChI=1S/C13H20N4O3/c1-8-10(13(20-3)17(2)16-8)15-12(19)11(18)14-7-9-5-4-6-9/h9H,4-7H2,1-3H3,(H,14,18)(H,15,19). The average molecular weight is 280 g/mol. The van der Waals surface area contributed by atoms with Gasteiger partial charge in [-0.2, -0.15) is 5.10 Å². The van der Waals surface area contributed by atoms with Crippen LogP contribution in [0.5, 0.6) is 5.88 Å².